The van der Waals surface area contributed by atoms with E-state index in [0.717, 1.165) is 27.0 Å². The van der Waals surface area contributed by atoms with Gasteiger partial charge in [-0.1, -0.05) is 35.9 Å². The van der Waals surface area contributed by atoms with Crippen molar-refractivity contribution in [2.24, 2.45) is 0 Å². The van der Waals surface area contributed by atoms with Gasteiger partial charge in [-0.25, -0.2) is 14.5 Å². The van der Waals surface area contributed by atoms with Gasteiger partial charge in [0.05, 0.1) is 23.2 Å². The van der Waals surface area contributed by atoms with Crippen LogP contribution in [-0.2, 0) is 6.54 Å². The van der Waals surface area contributed by atoms with Gasteiger partial charge in [-0.2, -0.15) is 5.10 Å². The van der Waals surface area contributed by atoms with Gasteiger partial charge in [0, 0.05) is 16.6 Å². The fourth-order valence-electron chi connectivity index (χ4n) is 3.14. The minimum Gasteiger partial charge on any atom is -0.267 e. The Morgan fingerprint density at radius 3 is 2.70 bits per heavy atom. The van der Waals surface area contributed by atoms with Gasteiger partial charge in [0.25, 0.3) is 0 Å². The predicted molar refractivity (Wildman–Crippen MR) is 107 cm³/mol. The Balaban J connectivity index is 1.52. The quantitative estimate of drug-likeness (QED) is 0.451. The van der Waals surface area contributed by atoms with Crippen molar-refractivity contribution in [2.75, 3.05) is 0 Å². The van der Waals surface area contributed by atoms with Crippen LogP contribution in [0.3, 0.4) is 0 Å². The highest BCUT2D eigenvalue weighted by Gasteiger charge is 2.15. The van der Waals surface area contributed by atoms with Gasteiger partial charge < -0.3 is 0 Å². The highest BCUT2D eigenvalue weighted by molar-refractivity contribution is 7.18. The lowest BCUT2D eigenvalue weighted by Gasteiger charge is -2.02. The maximum atomic E-state index is 5.92. The molecule has 0 saturated carbocycles. The van der Waals surface area contributed by atoms with E-state index < -0.39 is 0 Å². The summed E-state index contributed by atoms with van der Waals surface area (Å²) >= 11 is 7.61. The van der Waals surface area contributed by atoms with E-state index in [0.29, 0.717) is 17.4 Å². The first-order chi connectivity index (χ1) is 13.1. The Bertz CT molecular complexity index is 1280. The highest BCUT2D eigenvalue weighted by atomic mass is 35.5. The predicted octanol–water partition coefficient (Wildman–Crippen LogP) is 4.52. The molecule has 0 radical (unpaired) electrons. The first-order valence-corrected chi connectivity index (χ1v) is 9.66. The lowest BCUT2D eigenvalue weighted by atomic mass is 10.1. The van der Waals surface area contributed by atoms with E-state index >= 15 is 0 Å². The molecule has 0 N–H and O–H groups in total. The molecule has 5 rings (SSSR count). The number of thiophene rings is 1. The zero-order chi connectivity index (χ0) is 18.5. The van der Waals surface area contributed by atoms with Gasteiger partial charge in [-0.05, 0) is 25.0 Å². The molecule has 0 aliphatic heterocycles. The molecule has 4 heterocycles. The molecule has 0 saturated heterocycles. The molecule has 0 aliphatic rings. The topological polar surface area (TPSA) is 60.9 Å². The second-order valence-corrected chi connectivity index (χ2v) is 8.10. The maximum Gasteiger partial charge on any atom is 0.182 e. The molecule has 1 aromatic carbocycles. The van der Waals surface area contributed by atoms with Crippen LogP contribution >= 0.6 is 22.9 Å². The average molecular weight is 395 g/mol. The minimum atomic E-state index is 0.638. The molecule has 27 heavy (non-hydrogen) atoms. The minimum absolute atomic E-state index is 0.638. The van der Waals surface area contributed by atoms with Crippen molar-refractivity contribution in [1.82, 2.24) is 29.4 Å². The number of rotatable bonds is 3. The summed E-state index contributed by atoms with van der Waals surface area (Å²) in [6.45, 7) is 4.89. The van der Waals surface area contributed by atoms with Crippen LogP contribution in [0.1, 0.15) is 16.0 Å². The number of halogens is 1. The molecular weight excluding hydrogens is 380 g/mol. The number of hydrogen-bond acceptors (Lipinski definition) is 5. The normalized spacial score (nSPS) is 11.7. The van der Waals surface area contributed by atoms with Crippen LogP contribution in [0.2, 0.25) is 5.02 Å². The Hall–Kier alpha value is -2.77. The van der Waals surface area contributed by atoms with Crippen LogP contribution in [-0.4, -0.2) is 29.4 Å². The third kappa shape index (κ3) is 2.79. The van der Waals surface area contributed by atoms with Crippen molar-refractivity contribution >= 4 is 38.8 Å². The monoisotopic (exact) mass is 394 g/mol. The Labute approximate surface area is 164 Å². The van der Waals surface area contributed by atoms with Crippen molar-refractivity contribution in [3.63, 3.8) is 0 Å². The van der Waals surface area contributed by atoms with Crippen molar-refractivity contribution in [2.45, 2.75) is 20.4 Å². The number of nitrogens with zero attached hydrogens (tertiary/aromatic N) is 6. The van der Waals surface area contributed by atoms with Crippen LogP contribution in [0.25, 0.3) is 27.3 Å². The Morgan fingerprint density at radius 1 is 1.15 bits per heavy atom. The molecule has 5 aromatic rings. The summed E-state index contributed by atoms with van der Waals surface area (Å²) in [5, 5.41) is 10.6. The Kier molecular flexibility index (Phi) is 3.73. The standard InChI is InChI=1S/C19H15ClN6S/c1-11-12(2)27-19-16(11)18-23-17(24-26(18)10-21-19)14-5-3-13(4-6-14)8-25-9-15(20)7-22-25/h3-7,9-10H,8H2,1-2H3. The van der Waals surface area contributed by atoms with Crippen molar-refractivity contribution in [3.05, 3.63) is 64.0 Å². The molecule has 0 unspecified atom stereocenters. The van der Waals surface area contributed by atoms with Crippen LogP contribution in [0.4, 0.5) is 0 Å². The zero-order valence-corrected chi connectivity index (χ0v) is 16.3. The van der Waals surface area contributed by atoms with E-state index in [9.17, 15) is 0 Å². The van der Waals surface area contributed by atoms with Crippen molar-refractivity contribution < 1.29 is 0 Å². The first kappa shape index (κ1) is 16.4. The molecule has 0 atom stereocenters. The summed E-state index contributed by atoms with van der Waals surface area (Å²) in [5.74, 6) is 0.696. The van der Waals surface area contributed by atoms with Crippen molar-refractivity contribution in [1.29, 1.82) is 0 Å². The van der Waals surface area contributed by atoms with Crippen molar-refractivity contribution in [3.8, 4) is 11.4 Å². The number of aromatic nitrogens is 6. The lowest BCUT2D eigenvalue weighted by molar-refractivity contribution is 0.687. The van der Waals surface area contributed by atoms with E-state index in [-0.39, 0.29) is 0 Å². The first-order valence-electron chi connectivity index (χ1n) is 8.47. The summed E-state index contributed by atoms with van der Waals surface area (Å²) < 4.78 is 3.57. The fraction of sp³-hybridized carbons (Fsp3) is 0.158. The molecule has 0 bridgehead atoms. The third-order valence-electron chi connectivity index (χ3n) is 4.66. The molecule has 0 aliphatic carbocycles. The lowest BCUT2D eigenvalue weighted by Crippen LogP contribution is -1.99. The Morgan fingerprint density at radius 2 is 1.96 bits per heavy atom. The van der Waals surface area contributed by atoms with E-state index in [1.54, 1.807) is 28.4 Å². The number of benzene rings is 1. The van der Waals surface area contributed by atoms with Crippen LogP contribution in [0.15, 0.2) is 43.0 Å². The molecule has 4 aromatic heterocycles. The van der Waals surface area contributed by atoms with Crippen LogP contribution in [0.5, 0.6) is 0 Å². The summed E-state index contributed by atoms with van der Waals surface area (Å²) in [7, 11) is 0. The molecule has 6 nitrogen and oxygen atoms in total. The summed E-state index contributed by atoms with van der Waals surface area (Å²) in [6.07, 6.45) is 5.18. The summed E-state index contributed by atoms with van der Waals surface area (Å²) in [5.41, 5.74) is 4.18. The number of fused-ring (bicyclic) bond motifs is 3. The van der Waals surface area contributed by atoms with Gasteiger partial charge in [0.1, 0.15) is 11.2 Å². The smallest absolute Gasteiger partial charge is 0.182 e. The van der Waals surface area contributed by atoms with Gasteiger partial charge in [0.2, 0.25) is 0 Å². The molecule has 8 heteroatoms. The average Bonchev–Trinajstić information content (AvgIpc) is 3.34. The largest absolute Gasteiger partial charge is 0.267 e. The van der Waals surface area contributed by atoms with Crippen LogP contribution < -0.4 is 0 Å². The molecule has 134 valence electrons. The van der Waals surface area contributed by atoms with E-state index in [1.165, 1.54) is 10.4 Å². The fourth-order valence-corrected chi connectivity index (χ4v) is 4.29. The maximum absolute atomic E-state index is 5.92. The summed E-state index contributed by atoms with van der Waals surface area (Å²) in [6, 6.07) is 8.19. The van der Waals surface area contributed by atoms with Gasteiger partial charge in [-0.3, -0.25) is 4.68 Å². The number of hydrogen-bond donors (Lipinski definition) is 0. The summed E-state index contributed by atoms with van der Waals surface area (Å²) in [4.78, 5) is 11.6. The van der Waals surface area contributed by atoms with E-state index in [2.05, 4.69) is 41.2 Å². The SMILES string of the molecule is Cc1sc2ncn3nc(-c4ccc(Cn5cc(Cl)cn5)cc4)nc3c2c1C. The van der Waals surface area contributed by atoms with Gasteiger partial charge in [0.15, 0.2) is 11.5 Å². The van der Waals surface area contributed by atoms with Crippen LogP contribution in [0, 0.1) is 13.8 Å². The van der Waals surface area contributed by atoms with Gasteiger partial charge >= 0.3 is 0 Å². The van der Waals surface area contributed by atoms with E-state index in [1.807, 2.05) is 23.0 Å². The highest BCUT2D eigenvalue weighted by Crippen LogP contribution is 2.31. The molecule has 0 amide bonds. The third-order valence-corrected chi connectivity index (χ3v) is 5.97. The second kappa shape index (κ2) is 6.14. The molecule has 0 spiro atoms. The van der Waals surface area contributed by atoms with E-state index in [4.69, 9.17) is 16.6 Å². The second-order valence-electron chi connectivity index (χ2n) is 6.46. The number of aryl methyl sites for hydroxylation is 2. The molecule has 0 fully saturated rings. The van der Waals surface area contributed by atoms with Gasteiger partial charge in [-0.15, -0.1) is 16.4 Å². The molecular formula is C19H15ClN6S. The zero-order valence-electron chi connectivity index (χ0n) is 14.7.